The van der Waals surface area contributed by atoms with E-state index in [1.54, 1.807) is 0 Å². The highest BCUT2D eigenvalue weighted by molar-refractivity contribution is 5.69. The second-order valence-electron chi connectivity index (χ2n) is 5.47. The third-order valence-electron chi connectivity index (χ3n) is 3.69. The maximum Gasteiger partial charge on any atom is 0.307 e. The molecule has 1 saturated carbocycles. The third-order valence-corrected chi connectivity index (χ3v) is 3.69. The first-order valence-electron chi connectivity index (χ1n) is 6.48. The van der Waals surface area contributed by atoms with E-state index in [1.165, 1.54) is 7.11 Å². The number of carbonyl (C=O) groups excluding carboxylic acids is 1. The standard InChI is InChI=1S/C13H25NO3/c1-10-4-6-13(16,7-5-10)9-14-11(2)8-12(15)17-3/h10-11,14,16H,4-9H2,1-3H3. The molecule has 0 aromatic carbocycles. The highest BCUT2D eigenvalue weighted by Gasteiger charge is 2.31. The minimum Gasteiger partial charge on any atom is -0.469 e. The summed E-state index contributed by atoms with van der Waals surface area (Å²) in [7, 11) is 1.39. The maximum absolute atomic E-state index is 11.1. The molecule has 0 aliphatic heterocycles. The Hall–Kier alpha value is -0.610. The Bertz CT molecular complexity index is 247. The molecule has 1 atom stereocenters. The molecule has 0 aromatic heterocycles. The summed E-state index contributed by atoms with van der Waals surface area (Å²) in [4.78, 5) is 11.1. The Morgan fingerprint density at radius 2 is 2.12 bits per heavy atom. The molecule has 0 spiro atoms. The van der Waals surface area contributed by atoms with Gasteiger partial charge in [-0.25, -0.2) is 0 Å². The lowest BCUT2D eigenvalue weighted by molar-refractivity contribution is -0.141. The fraction of sp³-hybridized carbons (Fsp3) is 0.923. The Labute approximate surface area is 104 Å². The van der Waals surface area contributed by atoms with Crippen molar-refractivity contribution >= 4 is 5.97 Å². The fourth-order valence-electron chi connectivity index (χ4n) is 2.25. The van der Waals surface area contributed by atoms with Gasteiger partial charge in [0.1, 0.15) is 0 Å². The second-order valence-corrected chi connectivity index (χ2v) is 5.47. The van der Waals surface area contributed by atoms with Crippen molar-refractivity contribution in [2.45, 2.75) is 57.6 Å². The third kappa shape index (κ3) is 5.04. The van der Waals surface area contributed by atoms with Crippen molar-refractivity contribution in [3.8, 4) is 0 Å². The molecular formula is C13H25NO3. The summed E-state index contributed by atoms with van der Waals surface area (Å²) in [5.41, 5.74) is -0.586. The summed E-state index contributed by atoms with van der Waals surface area (Å²) in [5, 5.41) is 13.6. The minimum atomic E-state index is -0.586. The molecule has 4 heteroatoms. The average molecular weight is 243 g/mol. The lowest BCUT2D eigenvalue weighted by atomic mass is 9.79. The van der Waals surface area contributed by atoms with E-state index in [4.69, 9.17) is 0 Å². The van der Waals surface area contributed by atoms with Crippen molar-refractivity contribution in [1.29, 1.82) is 0 Å². The molecule has 1 rings (SSSR count). The van der Waals surface area contributed by atoms with E-state index in [1.807, 2.05) is 6.92 Å². The smallest absolute Gasteiger partial charge is 0.307 e. The van der Waals surface area contributed by atoms with Crippen LogP contribution in [-0.4, -0.2) is 36.4 Å². The second kappa shape index (κ2) is 6.36. The molecule has 0 aromatic rings. The molecule has 0 amide bonds. The van der Waals surface area contributed by atoms with Crippen molar-refractivity contribution in [3.63, 3.8) is 0 Å². The van der Waals surface area contributed by atoms with Crippen LogP contribution in [-0.2, 0) is 9.53 Å². The van der Waals surface area contributed by atoms with Crippen LogP contribution in [0.4, 0.5) is 0 Å². The van der Waals surface area contributed by atoms with Crippen LogP contribution in [0.25, 0.3) is 0 Å². The molecule has 2 N–H and O–H groups in total. The molecule has 1 fully saturated rings. The number of rotatable bonds is 5. The Kier molecular flexibility index (Phi) is 5.40. The summed E-state index contributed by atoms with van der Waals surface area (Å²) < 4.78 is 4.61. The van der Waals surface area contributed by atoms with E-state index in [-0.39, 0.29) is 12.0 Å². The summed E-state index contributed by atoms with van der Waals surface area (Å²) in [5.74, 6) is 0.511. The molecular weight excluding hydrogens is 218 g/mol. The van der Waals surface area contributed by atoms with Crippen molar-refractivity contribution < 1.29 is 14.6 Å². The number of carbonyl (C=O) groups is 1. The summed E-state index contributed by atoms with van der Waals surface area (Å²) in [6.45, 7) is 4.73. The van der Waals surface area contributed by atoms with Crippen LogP contribution >= 0.6 is 0 Å². The zero-order valence-corrected chi connectivity index (χ0v) is 11.2. The number of hydrogen-bond donors (Lipinski definition) is 2. The summed E-state index contributed by atoms with van der Waals surface area (Å²) in [6, 6.07) is 0.0471. The van der Waals surface area contributed by atoms with E-state index < -0.39 is 5.60 Å². The zero-order chi connectivity index (χ0) is 12.9. The number of aliphatic hydroxyl groups is 1. The van der Waals surface area contributed by atoms with E-state index >= 15 is 0 Å². The number of esters is 1. The van der Waals surface area contributed by atoms with Crippen LogP contribution in [0.1, 0.15) is 46.0 Å². The molecule has 0 radical (unpaired) electrons. The topological polar surface area (TPSA) is 58.6 Å². The Balaban J connectivity index is 2.27. The van der Waals surface area contributed by atoms with Gasteiger partial charge in [-0.05, 0) is 38.5 Å². The predicted octanol–water partition coefficient (Wildman–Crippen LogP) is 1.47. The van der Waals surface area contributed by atoms with Gasteiger partial charge in [-0.2, -0.15) is 0 Å². The van der Waals surface area contributed by atoms with E-state index in [0.717, 1.165) is 31.6 Å². The average Bonchev–Trinajstić information content (AvgIpc) is 2.31. The van der Waals surface area contributed by atoms with Crippen molar-refractivity contribution in [2.75, 3.05) is 13.7 Å². The number of ether oxygens (including phenoxy) is 1. The SMILES string of the molecule is COC(=O)CC(C)NCC1(O)CCC(C)CC1. The van der Waals surface area contributed by atoms with Gasteiger partial charge in [-0.15, -0.1) is 0 Å². The lowest BCUT2D eigenvalue weighted by Gasteiger charge is -2.35. The molecule has 0 bridgehead atoms. The van der Waals surface area contributed by atoms with Crippen LogP contribution in [0, 0.1) is 5.92 Å². The van der Waals surface area contributed by atoms with Gasteiger partial charge >= 0.3 is 5.97 Å². The van der Waals surface area contributed by atoms with Crippen LogP contribution in [0.15, 0.2) is 0 Å². The summed E-state index contributed by atoms with van der Waals surface area (Å²) >= 11 is 0. The van der Waals surface area contributed by atoms with E-state index in [2.05, 4.69) is 17.0 Å². The first-order chi connectivity index (χ1) is 7.95. The number of nitrogens with one attached hydrogen (secondary N) is 1. The van der Waals surface area contributed by atoms with Crippen molar-refractivity contribution in [2.24, 2.45) is 5.92 Å². The van der Waals surface area contributed by atoms with Crippen molar-refractivity contribution in [3.05, 3.63) is 0 Å². The number of methoxy groups -OCH3 is 1. The minimum absolute atomic E-state index is 0.0471. The van der Waals surface area contributed by atoms with E-state index in [9.17, 15) is 9.90 Å². The maximum atomic E-state index is 11.1. The normalized spacial score (nSPS) is 30.9. The van der Waals surface area contributed by atoms with Gasteiger partial charge in [0.25, 0.3) is 0 Å². The first-order valence-corrected chi connectivity index (χ1v) is 6.48. The highest BCUT2D eigenvalue weighted by atomic mass is 16.5. The molecule has 1 unspecified atom stereocenters. The van der Waals surface area contributed by atoms with Crippen LogP contribution < -0.4 is 5.32 Å². The Morgan fingerprint density at radius 3 is 2.65 bits per heavy atom. The molecule has 0 heterocycles. The van der Waals surface area contributed by atoms with Gasteiger partial charge in [-0.3, -0.25) is 4.79 Å². The number of hydrogen-bond acceptors (Lipinski definition) is 4. The van der Waals surface area contributed by atoms with Gasteiger partial charge in [0, 0.05) is 12.6 Å². The van der Waals surface area contributed by atoms with Crippen LogP contribution in [0.3, 0.4) is 0 Å². The molecule has 1 aliphatic carbocycles. The molecule has 1 aliphatic rings. The lowest BCUT2D eigenvalue weighted by Crippen LogP contribution is -2.46. The summed E-state index contributed by atoms with van der Waals surface area (Å²) in [6.07, 6.45) is 4.23. The van der Waals surface area contributed by atoms with Gasteiger partial charge in [-0.1, -0.05) is 6.92 Å². The van der Waals surface area contributed by atoms with Gasteiger partial charge in [0.05, 0.1) is 19.1 Å². The van der Waals surface area contributed by atoms with Gasteiger partial charge < -0.3 is 15.2 Å². The quantitative estimate of drug-likeness (QED) is 0.718. The molecule has 17 heavy (non-hydrogen) atoms. The predicted molar refractivity (Wildman–Crippen MR) is 66.7 cm³/mol. The first kappa shape index (κ1) is 14.5. The Morgan fingerprint density at radius 1 is 1.53 bits per heavy atom. The molecule has 0 saturated heterocycles. The fourth-order valence-corrected chi connectivity index (χ4v) is 2.25. The molecule has 100 valence electrons. The molecule has 4 nitrogen and oxygen atoms in total. The zero-order valence-electron chi connectivity index (χ0n) is 11.2. The van der Waals surface area contributed by atoms with Crippen LogP contribution in [0.2, 0.25) is 0 Å². The van der Waals surface area contributed by atoms with Crippen LogP contribution in [0.5, 0.6) is 0 Å². The van der Waals surface area contributed by atoms with Gasteiger partial charge in [0.15, 0.2) is 0 Å². The highest BCUT2D eigenvalue weighted by Crippen LogP contribution is 2.31. The monoisotopic (exact) mass is 243 g/mol. The van der Waals surface area contributed by atoms with Crippen molar-refractivity contribution in [1.82, 2.24) is 5.32 Å². The van der Waals surface area contributed by atoms with Gasteiger partial charge in [0.2, 0.25) is 0 Å². The largest absolute Gasteiger partial charge is 0.469 e. The van der Waals surface area contributed by atoms with E-state index in [0.29, 0.717) is 13.0 Å².